The van der Waals surface area contributed by atoms with Crippen molar-refractivity contribution in [3.8, 4) is 0 Å². The molecule has 0 saturated carbocycles. The minimum Gasteiger partial charge on any atom is -0.337 e. The molecular weight excluding hydrogens is 405 g/mol. The zero-order chi connectivity index (χ0) is 20.9. The molecule has 0 spiro atoms. The van der Waals surface area contributed by atoms with Crippen LogP contribution in [0.15, 0.2) is 84.0 Å². The van der Waals surface area contributed by atoms with Gasteiger partial charge in [-0.3, -0.25) is 0 Å². The van der Waals surface area contributed by atoms with Crippen molar-refractivity contribution in [3.05, 3.63) is 101 Å². The number of anilines is 1. The molecular formula is C21H14ClF3N2O2. The Morgan fingerprint density at radius 1 is 0.862 bits per heavy atom. The minimum atomic E-state index is -4.48. The molecule has 0 bridgehead atoms. The van der Waals surface area contributed by atoms with Crippen LogP contribution in [0, 0.1) is 0 Å². The van der Waals surface area contributed by atoms with Gasteiger partial charge in [0.2, 0.25) is 0 Å². The number of benzene rings is 3. The monoisotopic (exact) mass is 418 g/mol. The van der Waals surface area contributed by atoms with Crippen molar-refractivity contribution in [2.24, 2.45) is 5.16 Å². The number of halogens is 4. The summed E-state index contributed by atoms with van der Waals surface area (Å²) in [5, 5.41) is 7.44. The molecule has 0 aromatic heterocycles. The van der Waals surface area contributed by atoms with Gasteiger partial charge in [-0.15, -0.1) is 0 Å². The van der Waals surface area contributed by atoms with E-state index in [4.69, 9.17) is 16.4 Å². The Morgan fingerprint density at radius 2 is 1.48 bits per heavy atom. The smallest absolute Gasteiger partial charge is 0.337 e. The second kappa shape index (κ2) is 8.79. The van der Waals surface area contributed by atoms with Crippen LogP contribution in [0.3, 0.4) is 0 Å². The second-order valence-corrected chi connectivity index (χ2v) is 6.33. The van der Waals surface area contributed by atoms with Crippen LogP contribution in [0.4, 0.5) is 18.9 Å². The normalized spacial score (nSPS) is 11.8. The summed E-state index contributed by atoms with van der Waals surface area (Å²) >= 11 is 5.88. The van der Waals surface area contributed by atoms with Crippen molar-refractivity contribution in [1.29, 1.82) is 0 Å². The Labute approximate surface area is 169 Å². The van der Waals surface area contributed by atoms with Crippen molar-refractivity contribution in [2.45, 2.75) is 6.18 Å². The molecule has 3 aromatic carbocycles. The number of hydrogen-bond acceptors (Lipinski definition) is 3. The molecule has 0 aliphatic carbocycles. The van der Waals surface area contributed by atoms with Gasteiger partial charge in [-0.2, -0.15) is 13.2 Å². The first-order chi connectivity index (χ1) is 13.8. The second-order valence-electron chi connectivity index (χ2n) is 5.89. The Kier molecular flexibility index (Phi) is 6.19. The first kappa shape index (κ1) is 20.4. The molecule has 0 saturated heterocycles. The average molecular weight is 419 g/mol. The van der Waals surface area contributed by atoms with E-state index in [9.17, 15) is 18.0 Å². The standard InChI is InChI=1S/C21H14ClF3N2O2/c22-17-10-12-18(13-11-17)26-19(14-4-2-1-3-5-14)27-29-20(28)15-6-8-16(9-7-15)21(23,24)25/h1-13H,(H,26,27). The van der Waals surface area contributed by atoms with E-state index in [2.05, 4.69) is 10.5 Å². The van der Waals surface area contributed by atoms with Gasteiger partial charge >= 0.3 is 12.1 Å². The number of hydrogen-bond donors (Lipinski definition) is 1. The van der Waals surface area contributed by atoms with Gasteiger partial charge in [0, 0.05) is 16.3 Å². The van der Waals surface area contributed by atoms with Gasteiger partial charge < -0.3 is 10.2 Å². The van der Waals surface area contributed by atoms with E-state index in [1.807, 2.05) is 6.07 Å². The lowest BCUT2D eigenvalue weighted by molar-refractivity contribution is -0.137. The SMILES string of the molecule is O=C(O/N=C(/Nc1ccc(Cl)cc1)c1ccccc1)c1ccc(C(F)(F)F)cc1. The Balaban J connectivity index is 1.80. The molecule has 29 heavy (non-hydrogen) atoms. The first-order valence-electron chi connectivity index (χ1n) is 8.37. The fourth-order valence-electron chi connectivity index (χ4n) is 2.35. The van der Waals surface area contributed by atoms with E-state index in [0.717, 1.165) is 24.3 Å². The van der Waals surface area contributed by atoms with Crippen LogP contribution in [0.5, 0.6) is 0 Å². The maximum atomic E-state index is 12.6. The molecule has 0 fully saturated rings. The van der Waals surface area contributed by atoms with Crippen molar-refractivity contribution in [2.75, 3.05) is 5.32 Å². The van der Waals surface area contributed by atoms with Crippen LogP contribution in [-0.4, -0.2) is 11.8 Å². The molecule has 0 amide bonds. The van der Waals surface area contributed by atoms with Crippen LogP contribution >= 0.6 is 11.6 Å². The van der Waals surface area contributed by atoms with Crippen molar-refractivity contribution in [1.82, 2.24) is 0 Å². The fraction of sp³-hybridized carbons (Fsp3) is 0.0476. The Bertz CT molecular complexity index is 1000. The van der Waals surface area contributed by atoms with Crippen molar-refractivity contribution >= 4 is 29.1 Å². The highest BCUT2D eigenvalue weighted by atomic mass is 35.5. The van der Waals surface area contributed by atoms with Gasteiger partial charge in [0.05, 0.1) is 11.1 Å². The molecule has 0 heterocycles. The molecule has 1 N–H and O–H groups in total. The van der Waals surface area contributed by atoms with Gasteiger partial charge in [0.1, 0.15) is 0 Å². The zero-order valence-corrected chi connectivity index (χ0v) is 15.5. The lowest BCUT2D eigenvalue weighted by atomic mass is 10.1. The van der Waals surface area contributed by atoms with Crippen LogP contribution in [0.1, 0.15) is 21.5 Å². The predicted octanol–water partition coefficient (Wildman–Crippen LogP) is 5.99. The number of nitrogens with one attached hydrogen (secondary N) is 1. The van der Waals surface area contributed by atoms with Crippen LogP contribution in [0.2, 0.25) is 5.02 Å². The minimum absolute atomic E-state index is 0.0549. The average Bonchev–Trinajstić information content (AvgIpc) is 2.72. The van der Waals surface area contributed by atoms with Crippen LogP contribution in [0.25, 0.3) is 0 Å². The summed E-state index contributed by atoms with van der Waals surface area (Å²) in [6.07, 6.45) is -4.48. The highest BCUT2D eigenvalue weighted by Gasteiger charge is 2.30. The number of carbonyl (C=O) groups is 1. The molecule has 3 aromatic rings. The third-order valence-electron chi connectivity index (χ3n) is 3.82. The summed E-state index contributed by atoms with van der Waals surface area (Å²) in [5.41, 5.74) is 0.387. The van der Waals surface area contributed by atoms with Gasteiger partial charge in [0.25, 0.3) is 0 Å². The summed E-state index contributed by atoms with van der Waals surface area (Å²) in [4.78, 5) is 17.1. The fourth-order valence-corrected chi connectivity index (χ4v) is 2.47. The van der Waals surface area contributed by atoms with E-state index in [1.54, 1.807) is 48.5 Å². The number of amidine groups is 1. The highest BCUT2D eigenvalue weighted by molar-refractivity contribution is 6.30. The molecule has 0 radical (unpaired) electrons. The van der Waals surface area contributed by atoms with Crippen molar-refractivity contribution < 1.29 is 22.8 Å². The predicted molar refractivity (Wildman–Crippen MR) is 105 cm³/mol. The van der Waals surface area contributed by atoms with E-state index >= 15 is 0 Å². The first-order valence-corrected chi connectivity index (χ1v) is 8.75. The quantitative estimate of drug-likeness (QED) is 0.245. The molecule has 148 valence electrons. The summed E-state index contributed by atoms with van der Waals surface area (Å²) < 4.78 is 37.9. The number of oxime groups is 1. The molecule has 3 rings (SSSR count). The summed E-state index contributed by atoms with van der Waals surface area (Å²) in [6, 6.07) is 19.4. The Morgan fingerprint density at radius 3 is 2.07 bits per heavy atom. The van der Waals surface area contributed by atoms with E-state index in [1.165, 1.54) is 0 Å². The lowest BCUT2D eigenvalue weighted by Crippen LogP contribution is -2.15. The van der Waals surface area contributed by atoms with Gasteiger partial charge in [-0.25, -0.2) is 4.79 Å². The maximum Gasteiger partial charge on any atom is 0.416 e. The maximum absolute atomic E-state index is 12.6. The van der Waals surface area contributed by atoms with Crippen LogP contribution < -0.4 is 5.32 Å². The summed E-state index contributed by atoms with van der Waals surface area (Å²) in [7, 11) is 0. The molecule has 8 heteroatoms. The third kappa shape index (κ3) is 5.58. The molecule has 0 aliphatic rings. The van der Waals surface area contributed by atoms with Gasteiger partial charge in [-0.1, -0.05) is 47.1 Å². The number of alkyl halides is 3. The molecule has 0 aliphatic heterocycles. The zero-order valence-electron chi connectivity index (χ0n) is 14.8. The third-order valence-corrected chi connectivity index (χ3v) is 4.07. The van der Waals surface area contributed by atoms with E-state index in [0.29, 0.717) is 16.3 Å². The topological polar surface area (TPSA) is 50.7 Å². The highest BCUT2D eigenvalue weighted by Crippen LogP contribution is 2.29. The number of carbonyl (C=O) groups excluding carboxylic acids is 1. The van der Waals surface area contributed by atoms with Crippen molar-refractivity contribution in [3.63, 3.8) is 0 Å². The number of nitrogens with zero attached hydrogens (tertiary/aromatic N) is 1. The van der Waals surface area contributed by atoms with E-state index < -0.39 is 17.7 Å². The van der Waals surface area contributed by atoms with Gasteiger partial charge in [0.15, 0.2) is 5.84 Å². The summed E-state index contributed by atoms with van der Waals surface area (Å²) in [5.74, 6) is -0.641. The van der Waals surface area contributed by atoms with Gasteiger partial charge in [-0.05, 0) is 48.5 Å². The Hall–Kier alpha value is -3.32. The molecule has 4 nitrogen and oxygen atoms in total. The molecule has 0 unspecified atom stereocenters. The summed E-state index contributed by atoms with van der Waals surface area (Å²) in [6.45, 7) is 0. The lowest BCUT2D eigenvalue weighted by Gasteiger charge is -2.10. The van der Waals surface area contributed by atoms with E-state index in [-0.39, 0.29) is 11.4 Å². The largest absolute Gasteiger partial charge is 0.416 e. The molecule has 0 atom stereocenters. The number of rotatable bonds is 4. The van der Waals surface area contributed by atoms with Crippen LogP contribution in [-0.2, 0) is 11.0 Å².